The molecule has 0 radical (unpaired) electrons. The number of nitrogens with one attached hydrogen (secondary N) is 5. The van der Waals surface area contributed by atoms with Crippen LogP contribution < -0.4 is 21.3 Å². The van der Waals surface area contributed by atoms with Gasteiger partial charge in [0, 0.05) is 43.9 Å². The second kappa shape index (κ2) is 15.1. The normalized spacial score (nSPS) is 20.5. The Morgan fingerprint density at radius 1 is 0.848 bits per heavy atom. The molecule has 1 aliphatic heterocycles. The summed E-state index contributed by atoms with van der Waals surface area (Å²) in [6.45, 7) is 4.77. The third-order valence-electron chi connectivity index (χ3n) is 7.60. The van der Waals surface area contributed by atoms with E-state index in [1.807, 2.05) is 72.5 Å². The molecular formula is C33H38N8O5. The maximum absolute atomic E-state index is 13.8. The third-order valence-corrected chi connectivity index (χ3v) is 7.60. The molecule has 0 saturated carbocycles. The predicted molar refractivity (Wildman–Crippen MR) is 168 cm³/mol. The molecule has 0 fully saturated rings. The van der Waals surface area contributed by atoms with Crippen molar-refractivity contribution in [1.82, 2.24) is 41.3 Å². The van der Waals surface area contributed by atoms with Crippen LogP contribution in [0.25, 0.3) is 0 Å². The molecule has 4 amide bonds. The first-order chi connectivity index (χ1) is 22.2. The van der Waals surface area contributed by atoms with E-state index in [9.17, 15) is 19.2 Å². The number of aryl methyl sites for hydroxylation is 1. The molecule has 5 rings (SSSR count). The number of rotatable bonds is 6. The van der Waals surface area contributed by atoms with Crippen LogP contribution in [0.15, 0.2) is 77.4 Å². The number of amides is 4. The molecule has 240 valence electrons. The number of hydrogen-bond donors (Lipinski definition) is 5. The Hall–Kier alpha value is -5.30. The van der Waals surface area contributed by atoms with Crippen LogP contribution in [0.4, 0.5) is 0 Å². The summed E-state index contributed by atoms with van der Waals surface area (Å²) >= 11 is 0. The minimum atomic E-state index is -1.02. The molecule has 13 heteroatoms. The summed E-state index contributed by atoms with van der Waals surface area (Å²) in [7, 11) is 0. The average Bonchev–Trinajstić information content (AvgIpc) is 3.69. The number of aromatic amines is 1. The number of aromatic nitrogens is 3. The second-order valence-corrected chi connectivity index (χ2v) is 11.4. The highest BCUT2D eigenvalue weighted by molar-refractivity contribution is 5.97. The van der Waals surface area contributed by atoms with Crippen LogP contribution >= 0.6 is 0 Å². The van der Waals surface area contributed by atoms with Crippen LogP contribution in [-0.2, 0) is 40.3 Å². The molecule has 0 aliphatic carbocycles. The lowest BCUT2D eigenvalue weighted by atomic mass is 10.0. The number of hydrogen-bond acceptors (Lipinski definition) is 8. The van der Waals surface area contributed by atoms with E-state index in [4.69, 9.17) is 4.52 Å². The SMILES string of the molecule is Cc1cnc(CN2CCNC(=O)[C@@H](Cc3ccccc3)NC(=O)[C@H](Cc3ccccc3)NC(=O)[C@H](C)NC(=O)c3cc(on3)C2)[nH]1. The number of nitrogens with zero attached hydrogens (tertiary/aromatic N) is 3. The quantitative estimate of drug-likeness (QED) is 0.214. The fourth-order valence-corrected chi connectivity index (χ4v) is 5.17. The summed E-state index contributed by atoms with van der Waals surface area (Å²) in [6.07, 6.45) is 2.15. The molecule has 0 spiro atoms. The van der Waals surface area contributed by atoms with Gasteiger partial charge in [-0.25, -0.2) is 4.98 Å². The Morgan fingerprint density at radius 2 is 1.48 bits per heavy atom. The van der Waals surface area contributed by atoms with E-state index in [1.165, 1.54) is 13.0 Å². The van der Waals surface area contributed by atoms with E-state index in [0.717, 1.165) is 22.6 Å². The molecule has 1 aliphatic rings. The molecule has 2 bridgehead atoms. The van der Waals surface area contributed by atoms with Crippen LogP contribution in [0.5, 0.6) is 0 Å². The van der Waals surface area contributed by atoms with E-state index in [-0.39, 0.29) is 37.5 Å². The van der Waals surface area contributed by atoms with Crippen molar-refractivity contribution in [2.24, 2.45) is 0 Å². The summed E-state index contributed by atoms with van der Waals surface area (Å²) in [5.41, 5.74) is 2.60. The van der Waals surface area contributed by atoms with Gasteiger partial charge in [-0.05, 0) is 25.0 Å². The molecule has 3 atom stereocenters. The first kappa shape index (κ1) is 32.1. The molecule has 0 saturated heterocycles. The summed E-state index contributed by atoms with van der Waals surface area (Å²) in [5, 5.41) is 15.1. The van der Waals surface area contributed by atoms with Gasteiger partial charge in [0.1, 0.15) is 23.9 Å². The smallest absolute Gasteiger partial charge is 0.274 e. The summed E-state index contributed by atoms with van der Waals surface area (Å²) in [4.78, 5) is 63.2. The van der Waals surface area contributed by atoms with Crippen LogP contribution in [0.1, 0.15) is 45.8 Å². The molecule has 4 aromatic rings. The summed E-state index contributed by atoms with van der Waals surface area (Å²) in [5.74, 6) is -0.898. The number of H-pyrrole nitrogens is 1. The monoisotopic (exact) mass is 626 g/mol. The van der Waals surface area contributed by atoms with Crippen molar-refractivity contribution >= 4 is 23.6 Å². The Bertz CT molecular complexity index is 1640. The number of carbonyl (C=O) groups excluding carboxylic acids is 4. The van der Waals surface area contributed by atoms with Crippen molar-refractivity contribution in [3.8, 4) is 0 Å². The molecule has 2 aromatic carbocycles. The van der Waals surface area contributed by atoms with Crippen molar-refractivity contribution in [2.45, 2.75) is 57.9 Å². The summed E-state index contributed by atoms with van der Waals surface area (Å²) in [6, 6.07) is 17.2. The standard InChI is InChI=1S/C33H38N8O5/c1-21-18-35-29(36-21)20-41-14-13-34-31(43)26(15-23-9-5-3-6-10-23)39-32(44)27(16-24-11-7-4-8-12-24)38-30(42)22(2)37-33(45)28-17-25(19-41)46-40-28/h3-12,17-18,22,26-27H,13-16,19-20H2,1-2H3,(H,34,43)(H,35,36)(H,37,45)(H,38,42)(H,39,44)/t22-,26+,27-/m0/s1. The highest BCUT2D eigenvalue weighted by Gasteiger charge is 2.30. The van der Waals surface area contributed by atoms with E-state index in [2.05, 4.69) is 36.4 Å². The molecule has 0 unspecified atom stereocenters. The number of carbonyl (C=O) groups is 4. The molecule has 2 aromatic heterocycles. The Balaban J connectivity index is 1.42. The van der Waals surface area contributed by atoms with E-state index in [1.54, 1.807) is 6.20 Å². The maximum atomic E-state index is 13.8. The van der Waals surface area contributed by atoms with Crippen molar-refractivity contribution in [3.63, 3.8) is 0 Å². The second-order valence-electron chi connectivity index (χ2n) is 11.4. The van der Waals surface area contributed by atoms with Crippen molar-refractivity contribution in [2.75, 3.05) is 13.1 Å². The highest BCUT2D eigenvalue weighted by atomic mass is 16.5. The van der Waals surface area contributed by atoms with Crippen LogP contribution in [0, 0.1) is 6.92 Å². The lowest BCUT2D eigenvalue weighted by Gasteiger charge is -2.25. The van der Waals surface area contributed by atoms with Crippen LogP contribution in [0.2, 0.25) is 0 Å². The van der Waals surface area contributed by atoms with Crippen LogP contribution in [-0.4, -0.2) is 74.9 Å². The molecule has 3 heterocycles. The Morgan fingerprint density at radius 3 is 2.11 bits per heavy atom. The van der Waals surface area contributed by atoms with Gasteiger partial charge in [0.05, 0.1) is 13.1 Å². The molecule has 5 N–H and O–H groups in total. The first-order valence-corrected chi connectivity index (χ1v) is 15.2. The van der Waals surface area contributed by atoms with Gasteiger partial charge in [0.25, 0.3) is 5.91 Å². The zero-order chi connectivity index (χ0) is 32.5. The van der Waals surface area contributed by atoms with E-state index < -0.39 is 35.8 Å². The lowest BCUT2D eigenvalue weighted by Crippen LogP contribution is -2.57. The first-order valence-electron chi connectivity index (χ1n) is 15.2. The number of imidazole rings is 1. The minimum Gasteiger partial charge on any atom is -0.359 e. The van der Waals surface area contributed by atoms with Crippen molar-refractivity contribution in [3.05, 3.63) is 107 Å². The van der Waals surface area contributed by atoms with Gasteiger partial charge in [-0.15, -0.1) is 0 Å². The fraction of sp³-hybridized carbons (Fsp3) is 0.333. The molecular weight excluding hydrogens is 588 g/mol. The van der Waals surface area contributed by atoms with Crippen LogP contribution in [0.3, 0.4) is 0 Å². The Kier molecular flexibility index (Phi) is 10.6. The minimum absolute atomic E-state index is 0.0141. The van der Waals surface area contributed by atoms with Crippen molar-refractivity contribution < 1.29 is 23.7 Å². The van der Waals surface area contributed by atoms with Gasteiger partial charge >= 0.3 is 0 Å². The molecule has 13 nitrogen and oxygen atoms in total. The van der Waals surface area contributed by atoms with E-state index in [0.29, 0.717) is 18.8 Å². The average molecular weight is 627 g/mol. The largest absolute Gasteiger partial charge is 0.359 e. The summed E-state index contributed by atoms with van der Waals surface area (Å²) < 4.78 is 5.46. The highest BCUT2D eigenvalue weighted by Crippen LogP contribution is 2.12. The van der Waals surface area contributed by atoms with Gasteiger partial charge in [0.15, 0.2) is 11.5 Å². The third kappa shape index (κ3) is 8.88. The number of fused-ring (bicyclic) bond motifs is 2. The van der Waals surface area contributed by atoms with Gasteiger partial charge in [-0.3, -0.25) is 24.1 Å². The molecule has 46 heavy (non-hydrogen) atoms. The zero-order valence-corrected chi connectivity index (χ0v) is 25.8. The number of benzene rings is 2. The van der Waals surface area contributed by atoms with Gasteiger partial charge in [-0.1, -0.05) is 65.8 Å². The predicted octanol–water partition coefficient (Wildman–Crippen LogP) is 1.41. The van der Waals surface area contributed by atoms with Gasteiger partial charge in [-0.2, -0.15) is 0 Å². The van der Waals surface area contributed by atoms with E-state index >= 15 is 0 Å². The maximum Gasteiger partial charge on any atom is 0.274 e. The van der Waals surface area contributed by atoms with Crippen molar-refractivity contribution in [1.29, 1.82) is 0 Å². The fourth-order valence-electron chi connectivity index (χ4n) is 5.17. The Labute approximate surface area is 266 Å². The van der Waals surface area contributed by atoms with Gasteiger partial charge < -0.3 is 30.8 Å². The zero-order valence-electron chi connectivity index (χ0n) is 25.8. The van der Waals surface area contributed by atoms with Gasteiger partial charge in [0.2, 0.25) is 17.7 Å². The lowest BCUT2D eigenvalue weighted by molar-refractivity contribution is -0.132. The topological polar surface area (TPSA) is 174 Å².